The Bertz CT molecular complexity index is 1470. The van der Waals surface area contributed by atoms with Gasteiger partial charge in [-0.25, -0.2) is 0 Å². The molecular weight excluding hydrogens is 889 g/mol. The van der Waals surface area contributed by atoms with E-state index in [0.717, 1.165) is 83.5 Å². The lowest BCUT2D eigenvalue weighted by Crippen LogP contribution is -2.30. The molecule has 6 heteroatoms. The first-order valence-corrected chi connectivity index (χ1v) is 30.0. The number of hydrogen-bond acceptors (Lipinski definition) is 6. The van der Waals surface area contributed by atoms with Crippen LogP contribution in [0.4, 0.5) is 0 Å². The van der Waals surface area contributed by atoms with Crippen LogP contribution in [0.3, 0.4) is 0 Å². The van der Waals surface area contributed by atoms with Crippen LogP contribution in [0.2, 0.25) is 0 Å². The maximum absolute atomic E-state index is 12.9. The van der Waals surface area contributed by atoms with Gasteiger partial charge in [0.05, 0.1) is 0 Å². The first-order chi connectivity index (χ1) is 35.5. The van der Waals surface area contributed by atoms with E-state index in [0.29, 0.717) is 19.3 Å². The molecule has 0 saturated carbocycles. The van der Waals surface area contributed by atoms with Gasteiger partial charge < -0.3 is 14.2 Å². The minimum Gasteiger partial charge on any atom is -0.462 e. The van der Waals surface area contributed by atoms with Crippen LogP contribution in [0.1, 0.15) is 271 Å². The number of hydrogen-bond donors (Lipinski definition) is 0. The Balaban J connectivity index is 4.51. The Kier molecular flexibility index (Phi) is 56.4. The molecule has 0 aliphatic carbocycles. The number of esters is 3. The van der Waals surface area contributed by atoms with Crippen LogP contribution in [-0.2, 0) is 28.6 Å². The fraction of sp³-hybridized carbons (Fsp3) is 0.682. The molecule has 0 fully saturated rings. The zero-order valence-corrected chi connectivity index (χ0v) is 46.9. The molecule has 0 N–H and O–H groups in total. The van der Waals surface area contributed by atoms with Crippen LogP contribution < -0.4 is 0 Å². The van der Waals surface area contributed by atoms with Crippen molar-refractivity contribution >= 4 is 17.9 Å². The van der Waals surface area contributed by atoms with Gasteiger partial charge in [0.2, 0.25) is 0 Å². The van der Waals surface area contributed by atoms with E-state index in [9.17, 15) is 14.4 Å². The summed E-state index contributed by atoms with van der Waals surface area (Å²) in [6.45, 7) is 6.46. The number of ether oxygens (including phenoxy) is 3. The number of allylic oxidation sites excluding steroid dienone is 18. The predicted molar refractivity (Wildman–Crippen MR) is 311 cm³/mol. The molecule has 0 spiro atoms. The molecule has 0 bridgehead atoms. The standard InChI is InChI=1S/C66H110O6/c1-4-7-10-13-16-19-22-25-28-31-33-36-38-41-44-47-50-53-56-59-65(68)71-62-63(61-70-64(67)58-55-52-49-46-43-40-37-34-30-27-24-21-18-15-12-9-6-3)72-66(69)60-57-54-51-48-45-42-39-35-32-29-26-23-20-17-14-11-8-5-2/h7,10,13,16,19,22,25,27-28,30-31,33,35-36,38-39,41,44,63H,4-6,8-9,11-12,14-15,17-18,20-21,23-24,26,29,32,34,37,40,42-43,45-62H2,1-3H3/b10-7-,16-13-,22-19-,28-25-,30-27-,33-31+,38-36-,39-35-,44-41-. The van der Waals surface area contributed by atoms with Gasteiger partial charge in [0, 0.05) is 19.3 Å². The molecule has 0 aromatic carbocycles. The maximum Gasteiger partial charge on any atom is 0.306 e. The molecule has 72 heavy (non-hydrogen) atoms. The van der Waals surface area contributed by atoms with E-state index < -0.39 is 6.10 Å². The van der Waals surface area contributed by atoms with Crippen molar-refractivity contribution in [1.29, 1.82) is 0 Å². The molecule has 410 valence electrons. The highest BCUT2D eigenvalue weighted by Gasteiger charge is 2.19. The summed E-state index contributed by atoms with van der Waals surface area (Å²) in [5.74, 6) is -0.954. The summed E-state index contributed by atoms with van der Waals surface area (Å²) in [6, 6.07) is 0. The molecule has 0 aromatic heterocycles. The highest BCUT2D eigenvalue weighted by Crippen LogP contribution is 2.15. The Hall–Kier alpha value is -3.93. The van der Waals surface area contributed by atoms with Gasteiger partial charge in [0.15, 0.2) is 6.10 Å². The molecule has 0 heterocycles. The second kappa shape index (κ2) is 59.6. The van der Waals surface area contributed by atoms with Crippen molar-refractivity contribution in [2.45, 2.75) is 277 Å². The van der Waals surface area contributed by atoms with Gasteiger partial charge >= 0.3 is 17.9 Å². The molecule has 1 atom stereocenters. The van der Waals surface area contributed by atoms with E-state index in [1.807, 2.05) is 72.9 Å². The SMILES string of the molecule is CC\C=C/C=C\C=C/C=C\C=C\C=C/C=C\CCCCCC(=O)OCC(COC(=O)CCCCCCCCC/C=C\CCCCCCCC)OC(=O)CCCCCCC/C=C\CCCCCCCCCCC. The molecule has 1 unspecified atom stereocenters. The Morgan fingerprint density at radius 2 is 0.556 bits per heavy atom. The van der Waals surface area contributed by atoms with Crippen molar-refractivity contribution < 1.29 is 28.6 Å². The van der Waals surface area contributed by atoms with Crippen molar-refractivity contribution in [3.63, 3.8) is 0 Å². The van der Waals surface area contributed by atoms with Crippen molar-refractivity contribution in [2.24, 2.45) is 0 Å². The highest BCUT2D eigenvalue weighted by atomic mass is 16.6. The lowest BCUT2D eigenvalue weighted by Gasteiger charge is -2.18. The summed E-state index contributed by atoms with van der Waals surface area (Å²) in [7, 11) is 0. The number of carbonyl (C=O) groups excluding carboxylic acids is 3. The molecule has 0 aliphatic rings. The van der Waals surface area contributed by atoms with Gasteiger partial charge in [-0.1, -0.05) is 271 Å². The number of unbranched alkanes of at least 4 members (excludes halogenated alkanes) is 30. The summed E-state index contributed by atoms with van der Waals surface area (Å²) in [5.41, 5.74) is 0. The van der Waals surface area contributed by atoms with Gasteiger partial charge in [-0.15, -0.1) is 0 Å². The second-order valence-corrected chi connectivity index (χ2v) is 19.7. The molecule has 0 saturated heterocycles. The molecule has 0 aliphatic heterocycles. The molecule has 0 amide bonds. The summed E-state index contributed by atoms with van der Waals surface area (Å²) in [5, 5.41) is 0. The third-order valence-electron chi connectivity index (χ3n) is 12.7. The average Bonchev–Trinajstić information content (AvgIpc) is 3.38. The lowest BCUT2D eigenvalue weighted by molar-refractivity contribution is -0.167. The van der Waals surface area contributed by atoms with E-state index in [1.165, 1.54) is 148 Å². The van der Waals surface area contributed by atoms with Crippen molar-refractivity contribution in [3.8, 4) is 0 Å². The first-order valence-electron chi connectivity index (χ1n) is 30.0. The zero-order chi connectivity index (χ0) is 52.2. The molecular formula is C66H110O6. The van der Waals surface area contributed by atoms with Crippen molar-refractivity contribution in [2.75, 3.05) is 13.2 Å². The van der Waals surface area contributed by atoms with Gasteiger partial charge in [-0.05, 0) is 89.9 Å². The number of carbonyl (C=O) groups is 3. The lowest BCUT2D eigenvalue weighted by atomic mass is 10.1. The third kappa shape index (κ3) is 57.0. The van der Waals surface area contributed by atoms with Crippen LogP contribution in [-0.4, -0.2) is 37.2 Å². The molecule has 6 nitrogen and oxygen atoms in total. The normalized spacial score (nSPS) is 12.9. The summed E-state index contributed by atoms with van der Waals surface area (Å²) in [4.78, 5) is 38.2. The Morgan fingerprint density at radius 1 is 0.292 bits per heavy atom. The highest BCUT2D eigenvalue weighted by molar-refractivity contribution is 5.71. The largest absolute Gasteiger partial charge is 0.462 e. The van der Waals surface area contributed by atoms with E-state index in [-0.39, 0.29) is 31.1 Å². The molecule has 0 radical (unpaired) electrons. The van der Waals surface area contributed by atoms with Gasteiger partial charge in [-0.3, -0.25) is 14.4 Å². The Labute approximate surface area is 444 Å². The maximum atomic E-state index is 12.9. The minimum absolute atomic E-state index is 0.0994. The quantitative estimate of drug-likeness (QED) is 0.0199. The van der Waals surface area contributed by atoms with Crippen LogP contribution in [0.5, 0.6) is 0 Å². The third-order valence-corrected chi connectivity index (χ3v) is 12.7. The van der Waals surface area contributed by atoms with E-state index in [1.54, 1.807) is 0 Å². The predicted octanol–water partition coefficient (Wildman–Crippen LogP) is 20.3. The zero-order valence-electron chi connectivity index (χ0n) is 46.9. The van der Waals surface area contributed by atoms with Gasteiger partial charge in [0.1, 0.15) is 13.2 Å². The van der Waals surface area contributed by atoms with E-state index in [4.69, 9.17) is 14.2 Å². The van der Waals surface area contributed by atoms with Gasteiger partial charge in [-0.2, -0.15) is 0 Å². The molecule has 0 rings (SSSR count). The molecule has 0 aromatic rings. The topological polar surface area (TPSA) is 78.9 Å². The fourth-order valence-electron chi connectivity index (χ4n) is 8.18. The summed E-state index contributed by atoms with van der Waals surface area (Å²) >= 11 is 0. The van der Waals surface area contributed by atoms with E-state index in [2.05, 4.69) is 57.2 Å². The van der Waals surface area contributed by atoms with Crippen molar-refractivity contribution in [3.05, 3.63) is 109 Å². The fourth-order valence-corrected chi connectivity index (χ4v) is 8.18. The van der Waals surface area contributed by atoms with Crippen molar-refractivity contribution in [1.82, 2.24) is 0 Å². The van der Waals surface area contributed by atoms with Gasteiger partial charge in [0.25, 0.3) is 0 Å². The monoisotopic (exact) mass is 999 g/mol. The van der Waals surface area contributed by atoms with Crippen LogP contribution in [0.15, 0.2) is 109 Å². The second-order valence-electron chi connectivity index (χ2n) is 19.7. The summed E-state index contributed by atoms with van der Waals surface area (Å²) in [6.07, 6.45) is 80.7. The number of rotatable bonds is 53. The first kappa shape index (κ1) is 68.1. The van der Waals surface area contributed by atoms with Crippen LogP contribution in [0.25, 0.3) is 0 Å². The van der Waals surface area contributed by atoms with Crippen LogP contribution in [0, 0.1) is 0 Å². The Morgan fingerprint density at radius 3 is 0.903 bits per heavy atom. The van der Waals surface area contributed by atoms with E-state index >= 15 is 0 Å². The average molecular weight is 1000 g/mol. The van der Waals surface area contributed by atoms with Crippen LogP contribution >= 0.6 is 0 Å². The minimum atomic E-state index is -0.806. The summed E-state index contributed by atoms with van der Waals surface area (Å²) < 4.78 is 16.9. The smallest absolute Gasteiger partial charge is 0.306 e.